The molecule has 20 heavy (non-hydrogen) atoms. The smallest absolute Gasteiger partial charge is 0.152 e. The number of aldehydes is 1. The van der Waals surface area contributed by atoms with Crippen molar-refractivity contribution < 1.29 is 9.18 Å². The molecule has 104 valence electrons. The highest BCUT2D eigenvalue weighted by molar-refractivity contribution is 6.30. The highest BCUT2D eigenvalue weighted by Gasteiger charge is 2.15. The Bertz CT molecular complexity index is 612. The Morgan fingerprint density at radius 1 is 1.20 bits per heavy atom. The first-order chi connectivity index (χ1) is 9.52. The van der Waals surface area contributed by atoms with Crippen LogP contribution in [-0.4, -0.2) is 13.3 Å². The van der Waals surface area contributed by atoms with Crippen LogP contribution >= 0.6 is 11.6 Å². The van der Waals surface area contributed by atoms with E-state index in [0.717, 1.165) is 5.56 Å². The van der Waals surface area contributed by atoms with E-state index < -0.39 is 5.82 Å². The van der Waals surface area contributed by atoms with Gasteiger partial charge in [0.25, 0.3) is 0 Å². The van der Waals surface area contributed by atoms with E-state index in [1.54, 1.807) is 6.07 Å². The van der Waals surface area contributed by atoms with Gasteiger partial charge in [-0.2, -0.15) is 0 Å². The number of hydrogen-bond donors (Lipinski definition) is 0. The minimum Gasteiger partial charge on any atom is -0.367 e. The first-order valence-electron chi connectivity index (χ1n) is 6.26. The maximum Gasteiger partial charge on any atom is 0.152 e. The van der Waals surface area contributed by atoms with Gasteiger partial charge in [-0.05, 0) is 42.8 Å². The van der Waals surface area contributed by atoms with Crippen molar-refractivity contribution in [3.05, 3.63) is 64.4 Å². The second kappa shape index (κ2) is 6.06. The SMILES string of the molecule is CC(c1ccc(Cl)cc1)N(C)c1ccc(F)cc1C=O. The van der Waals surface area contributed by atoms with Crippen LogP contribution in [-0.2, 0) is 0 Å². The molecule has 0 N–H and O–H groups in total. The van der Waals surface area contributed by atoms with Crippen LogP contribution in [0.5, 0.6) is 0 Å². The van der Waals surface area contributed by atoms with Gasteiger partial charge in [0.05, 0.1) is 6.04 Å². The minimum absolute atomic E-state index is 0.0384. The molecule has 0 heterocycles. The number of rotatable bonds is 4. The van der Waals surface area contributed by atoms with Gasteiger partial charge in [0, 0.05) is 23.3 Å². The summed E-state index contributed by atoms with van der Waals surface area (Å²) in [6.45, 7) is 2.02. The topological polar surface area (TPSA) is 20.3 Å². The first kappa shape index (κ1) is 14.5. The molecule has 1 atom stereocenters. The number of nitrogens with zero attached hydrogens (tertiary/aromatic N) is 1. The highest BCUT2D eigenvalue weighted by Crippen LogP contribution is 2.28. The molecule has 2 aromatic carbocycles. The minimum atomic E-state index is -0.414. The third-order valence-electron chi connectivity index (χ3n) is 3.43. The van der Waals surface area contributed by atoms with Gasteiger partial charge in [-0.15, -0.1) is 0 Å². The third-order valence-corrected chi connectivity index (χ3v) is 3.68. The maximum atomic E-state index is 13.2. The molecule has 0 aliphatic rings. The molecule has 0 amide bonds. The van der Waals surface area contributed by atoms with E-state index in [2.05, 4.69) is 0 Å². The fraction of sp³-hybridized carbons (Fsp3) is 0.188. The number of carbonyl (C=O) groups excluding carboxylic acids is 1. The summed E-state index contributed by atoms with van der Waals surface area (Å²) >= 11 is 5.88. The summed E-state index contributed by atoms with van der Waals surface area (Å²) < 4.78 is 13.2. The third kappa shape index (κ3) is 2.99. The molecule has 0 saturated heterocycles. The second-order valence-corrected chi connectivity index (χ2v) is 5.10. The predicted octanol–water partition coefficient (Wildman–Crippen LogP) is 4.49. The van der Waals surface area contributed by atoms with Crippen LogP contribution in [0.3, 0.4) is 0 Å². The Labute approximate surface area is 122 Å². The van der Waals surface area contributed by atoms with Crippen LogP contribution in [0.15, 0.2) is 42.5 Å². The highest BCUT2D eigenvalue weighted by atomic mass is 35.5. The standard InChI is InChI=1S/C16H15ClFNO/c1-11(12-3-5-14(17)6-4-12)19(2)16-8-7-15(18)9-13(16)10-20/h3-11H,1-2H3. The lowest BCUT2D eigenvalue weighted by atomic mass is 10.1. The summed E-state index contributed by atoms with van der Waals surface area (Å²) in [5.41, 5.74) is 2.11. The molecule has 2 rings (SSSR count). The van der Waals surface area contributed by atoms with Gasteiger partial charge < -0.3 is 4.90 Å². The van der Waals surface area contributed by atoms with Crippen molar-refractivity contribution in [1.29, 1.82) is 0 Å². The number of anilines is 1. The summed E-state index contributed by atoms with van der Waals surface area (Å²) in [4.78, 5) is 13.0. The van der Waals surface area contributed by atoms with Gasteiger partial charge in [-0.25, -0.2) is 4.39 Å². The van der Waals surface area contributed by atoms with Crippen LogP contribution in [0.1, 0.15) is 28.9 Å². The van der Waals surface area contributed by atoms with Crippen molar-refractivity contribution in [2.24, 2.45) is 0 Å². The zero-order valence-electron chi connectivity index (χ0n) is 11.3. The Hall–Kier alpha value is -1.87. The van der Waals surface area contributed by atoms with Crippen LogP contribution in [0.25, 0.3) is 0 Å². The predicted molar refractivity (Wildman–Crippen MR) is 80.1 cm³/mol. The van der Waals surface area contributed by atoms with Crippen molar-refractivity contribution in [3.63, 3.8) is 0 Å². The van der Waals surface area contributed by atoms with Crippen molar-refractivity contribution in [1.82, 2.24) is 0 Å². The Balaban J connectivity index is 2.33. The molecule has 0 radical (unpaired) electrons. The molecule has 0 saturated carbocycles. The zero-order valence-corrected chi connectivity index (χ0v) is 12.1. The molecular formula is C16H15ClFNO. The van der Waals surface area contributed by atoms with Crippen LogP contribution in [0, 0.1) is 5.82 Å². The molecular weight excluding hydrogens is 277 g/mol. The average Bonchev–Trinajstić information content (AvgIpc) is 2.46. The molecule has 0 spiro atoms. The number of hydrogen-bond acceptors (Lipinski definition) is 2. The lowest BCUT2D eigenvalue weighted by molar-refractivity contribution is 0.112. The average molecular weight is 292 g/mol. The fourth-order valence-corrected chi connectivity index (χ4v) is 2.24. The van der Waals surface area contributed by atoms with Crippen molar-refractivity contribution in [2.45, 2.75) is 13.0 Å². The molecule has 0 aliphatic heterocycles. The van der Waals surface area contributed by atoms with E-state index in [1.165, 1.54) is 12.1 Å². The normalized spacial score (nSPS) is 12.0. The van der Waals surface area contributed by atoms with E-state index in [4.69, 9.17) is 11.6 Å². The summed E-state index contributed by atoms with van der Waals surface area (Å²) in [6.07, 6.45) is 0.670. The Kier molecular flexibility index (Phi) is 4.40. The Morgan fingerprint density at radius 3 is 2.45 bits per heavy atom. The van der Waals surface area contributed by atoms with Gasteiger partial charge in [0.15, 0.2) is 6.29 Å². The van der Waals surface area contributed by atoms with Crippen molar-refractivity contribution in [2.75, 3.05) is 11.9 Å². The lowest BCUT2D eigenvalue weighted by Crippen LogP contribution is -2.22. The van der Waals surface area contributed by atoms with E-state index >= 15 is 0 Å². The van der Waals surface area contributed by atoms with Crippen LogP contribution in [0.4, 0.5) is 10.1 Å². The fourth-order valence-electron chi connectivity index (χ4n) is 2.11. The van der Waals surface area contributed by atoms with Crippen molar-refractivity contribution >= 4 is 23.6 Å². The maximum absolute atomic E-state index is 13.2. The number of halogens is 2. The summed E-state index contributed by atoms with van der Waals surface area (Å²) in [6, 6.07) is 11.8. The molecule has 0 aliphatic carbocycles. The lowest BCUT2D eigenvalue weighted by Gasteiger charge is -2.28. The summed E-state index contributed by atoms with van der Waals surface area (Å²) in [7, 11) is 1.87. The summed E-state index contributed by atoms with van der Waals surface area (Å²) in [5, 5.41) is 0.680. The second-order valence-electron chi connectivity index (χ2n) is 4.66. The van der Waals surface area contributed by atoms with Gasteiger partial charge in [0.1, 0.15) is 5.82 Å². The molecule has 1 unspecified atom stereocenters. The quantitative estimate of drug-likeness (QED) is 0.774. The molecule has 0 aromatic heterocycles. The van der Waals surface area contributed by atoms with E-state index in [9.17, 15) is 9.18 Å². The van der Waals surface area contributed by atoms with Crippen LogP contribution in [0.2, 0.25) is 5.02 Å². The number of carbonyl (C=O) groups is 1. The molecule has 2 nitrogen and oxygen atoms in total. The molecule has 4 heteroatoms. The first-order valence-corrected chi connectivity index (χ1v) is 6.63. The van der Waals surface area contributed by atoms with Gasteiger partial charge in [-0.3, -0.25) is 4.79 Å². The van der Waals surface area contributed by atoms with Gasteiger partial charge in [-0.1, -0.05) is 23.7 Å². The zero-order chi connectivity index (χ0) is 14.7. The number of benzene rings is 2. The Morgan fingerprint density at radius 2 is 1.85 bits per heavy atom. The van der Waals surface area contributed by atoms with Gasteiger partial charge >= 0.3 is 0 Å². The molecule has 0 bridgehead atoms. The van der Waals surface area contributed by atoms with E-state index in [0.29, 0.717) is 22.6 Å². The largest absolute Gasteiger partial charge is 0.367 e. The molecule has 0 fully saturated rings. The van der Waals surface area contributed by atoms with E-state index in [-0.39, 0.29) is 6.04 Å². The van der Waals surface area contributed by atoms with Gasteiger partial charge in [0.2, 0.25) is 0 Å². The van der Waals surface area contributed by atoms with Crippen molar-refractivity contribution in [3.8, 4) is 0 Å². The molecule has 2 aromatic rings. The van der Waals surface area contributed by atoms with E-state index in [1.807, 2.05) is 43.1 Å². The van der Waals surface area contributed by atoms with Crippen LogP contribution < -0.4 is 4.90 Å². The summed E-state index contributed by atoms with van der Waals surface area (Å²) in [5.74, 6) is -0.414. The monoisotopic (exact) mass is 291 g/mol.